The number of nitrogens with one attached hydrogen (secondary N) is 2. The van der Waals surface area contributed by atoms with Crippen molar-refractivity contribution in [3.8, 4) is 6.07 Å². The van der Waals surface area contributed by atoms with E-state index in [0.717, 1.165) is 32.4 Å². The van der Waals surface area contributed by atoms with Gasteiger partial charge in [-0.05, 0) is 31.5 Å². The van der Waals surface area contributed by atoms with Gasteiger partial charge in [0.05, 0.1) is 16.6 Å². The molecule has 1 unspecified atom stereocenters. The molecule has 2 N–H and O–H groups in total. The molecule has 0 spiro atoms. The first kappa shape index (κ1) is 13.3. The Labute approximate surface area is 111 Å². The number of nitriles is 1. The van der Waals surface area contributed by atoms with Gasteiger partial charge in [0.1, 0.15) is 5.69 Å². The smallest absolute Gasteiger partial charge is 0.293 e. The van der Waals surface area contributed by atoms with E-state index < -0.39 is 4.92 Å². The maximum absolute atomic E-state index is 11.0. The SMILES string of the molecule is N#Cc1ccc(NC2CCCCNC2)c([N+](=O)[O-])c1. The van der Waals surface area contributed by atoms with Crippen LogP contribution in [0, 0.1) is 21.4 Å². The standard InChI is InChI=1S/C13H16N4O2/c14-8-10-4-5-12(13(7-10)17(18)19)16-11-3-1-2-6-15-9-11/h4-5,7,11,15-16H,1-3,6,9H2. The number of anilines is 1. The molecule has 0 radical (unpaired) electrons. The van der Waals surface area contributed by atoms with E-state index in [2.05, 4.69) is 10.6 Å². The number of hydrogen-bond acceptors (Lipinski definition) is 5. The molecule has 19 heavy (non-hydrogen) atoms. The Morgan fingerprint density at radius 1 is 1.47 bits per heavy atom. The van der Waals surface area contributed by atoms with Gasteiger partial charge in [-0.3, -0.25) is 10.1 Å². The number of nitro groups is 1. The van der Waals surface area contributed by atoms with Crippen LogP contribution in [0.3, 0.4) is 0 Å². The van der Waals surface area contributed by atoms with Crippen molar-refractivity contribution in [3.63, 3.8) is 0 Å². The summed E-state index contributed by atoms with van der Waals surface area (Å²) in [5.74, 6) is 0. The van der Waals surface area contributed by atoms with Crippen molar-refractivity contribution in [2.24, 2.45) is 0 Å². The van der Waals surface area contributed by atoms with Crippen molar-refractivity contribution in [2.75, 3.05) is 18.4 Å². The van der Waals surface area contributed by atoms with Gasteiger partial charge in [0.15, 0.2) is 0 Å². The lowest BCUT2D eigenvalue weighted by atomic mass is 10.1. The molecular formula is C13H16N4O2. The largest absolute Gasteiger partial charge is 0.375 e. The quantitative estimate of drug-likeness (QED) is 0.641. The minimum Gasteiger partial charge on any atom is -0.375 e. The average molecular weight is 260 g/mol. The van der Waals surface area contributed by atoms with E-state index in [0.29, 0.717) is 11.3 Å². The van der Waals surface area contributed by atoms with Crippen LogP contribution in [0.2, 0.25) is 0 Å². The van der Waals surface area contributed by atoms with Crippen molar-refractivity contribution in [3.05, 3.63) is 33.9 Å². The van der Waals surface area contributed by atoms with Gasteiger partial charge < -0.3 is 10.6 Å². The zero-order chi connectivity index (χ0) is 13.7. The lowest BCUT2D eigenvalue weighted by molar-refractivity contribution is -0.384. The van der Waals surface area contributed by atoms with Crippen molar-refractivity contribution >= 4 is 11.4 Å². The molecule has 0 aromatic heterocycles. The molecule has 1 saturated heterocycles. The minimum absolute atomic E-state index is 0.0386. The highest BCUT2D eigenvalue weighted by molar-refractivity contribution is 5.64. The molecule has 1 aliphatic heterocycles. The van der Waals surface area contributed by atoms with Crippen molar-refractivity contribution in [2.45, 2.75) is 25.3 Å². The van der Waals surface area contributed by atoms with Gasteiger partial charge in [-0.1, -0.05) is 6.42 Å². The van der Waals surface area contributed by atoms with Crippen LogP contribution < -0.4 is 10.6 Å². The van der Waals surface area contributed by atoms with Crippen LogP contribution in [0.5, 0.6) is 0 Å². The Kier molecular flexibility index (Phi) is 4.31. The molecule has 1 aromatic rings. The lowest BCUT2D eigenvalue weighted by Crippen LogP contribution is -2.31. The number of benzene rings is 1. The molecule has 0 bridgehead atoms. The van der Waals surface area contributed by atoms with E-state index in [-0.39, 0.29) is 11.7 Å². The molecule has 100 valence electrons. The van der Waals surface area contributed by atoms with Gasteiger partial charge in [0, 0.05) is 18.7 Å². The second-order valence-corrected chi connectivity index (χ2v) is 4.64. The Bertz CT molecular complexity index is 502. The Morgan fingerprint density at radius 3 is 3.05 bits per heavy atom. The molecule has 0 aliphatic carbocycles. The maximum atomic E-state index is 11.0. The number of hydrogen-bond donors (Lipinski definition) is 2. The Morgan fingerprint density at radius 2 is 2.32 bits per heavy atom. The van der Waals surface area contributed by atoms with Gasteiger partial charge in [-0.15, -0.1) is 0 Å². The average Bonchev–Trinajstić information content (AvgIpc) is 2.67. The summed E-state index contributed by atoms with van der Waals surface area (Å²) in [5, 5.41) is 26.3. The molecule has 0 amide bonds. The minimum atomic E-state index is -0.451. The third-order valence-electron chi connectivity index (χ3n) is 3.23. The van der Waals surface area contributed by atoms with E-state index in [1.807, 2.05) is 6.07 Å². The van der Waals surface area contributed by atoms with Gasteiger partial charge in [0.25, 0.3) is 5.69 Å². The third kappa shape index (κ3) is 3.42. The Hall–Kier alpha value is -2.13. The summed E-state index contributed by atoms with van der Waals surface area (Å²) >= 11 is 0. The van der Waals surface area contributed by atoms with Crippen LogP contribution in [-0.2, 0) is 0 Å². The molecule has 1 atom stereocenters. The van der Waals surface area contributed by atoms with Crippen molar-refractivity contribution < 1.29 is 4.92 Å². The summed E-state index contributed by atoms with van der Waals surface area (Å²) in [5.41, 5.74) is 0.747. The van der Waals surface area contributed by atoms with Crippen LogP contribution in [0.1, 0.15) is 24.8 Å². The third-order valence-corrected chi connectivity index (χ3v) is 3.23. The molecule has 1 fully saturated rings. The summed E-state index contributed by atoms with van der Waals surface area (Å²) < 4.78 is 0. The number of rotatable bonds is 3. The van der Waals surface area contributed by atoms with Crippen LogP contribution in [-0.4, -0.2) is 24.1 Å². The molecule has 6 nitrogen and oxygen atoms in total. The predicted octanol–water partition coefficient (Wildman–Crippen LogP) is 2.02. The normalized spacial score (nSPS) is 19.2. The van der Waals surface area contributed by atoms with E-state index in [4.69, 9.17) is 5.26 Å². The zero-order valence-corrected chi connectivity index (χ0v) is 10.6. The first-order valence-electron chi connectivity index (χ1n) is 6.36. The summed E-state index contributed by atoms with van der Waals surface area (Å²) in [7, 11) is 0. The summed E-state index contributed by atoms with van der Waals surface area (Å²) in [6, 6.07) is 6.63. The van der Waals surface area contributed by atoms with E-state index in [1.165, 1.54) is 6.07 Å². The van der Waals surface area contributed by atoms with Gasteiger partial charge in [-0.2, -0.15) is 5.26 Å². The van der Waals surface area contributed by atoms with E-state index in [9.17, 15) is 10.1 Å². The highest BCUT2D eigenvalue weighted by Crippen LogP contribution is 2.26. The second kappa shape index (κ2) is 6.16. The molecule has 1 aliphatic rings. The summed E-state index contributed by atoms with van der Waals surface area (Å²) in [6.07, 6.45) is 3.23. The fraction of sp³-hybridized carbons (Fsp3) is 0.462. The molecular weight excluding hydrogens is 244 g/mol. The lowest BCUT2D eigenvalue weighted by Gasteiger charge is -2.17. The fourth-order valence-corrected chi connectivity index (χ4v) is 2.24. The fourth-order valence-electron chi connectivity index (χ4n) is 2.24. The topological polar surface area (TPSA) is 91.0 Å². The first-order valence-corrected chi connectivity index (χ1v) is 6.36. The molecule has 0 saturated carbocycles. The maximum Gasteiger partial charge on any atom is 0.293 e. The van der Waals surface area contributed by atoms with Crippen LogP contribution in [0.4, 0.5) is 11.4 Å². The zero-order valence-electron chi connectivity index (χ0n) is 10.6. The molecule has 6 heteroatoms. The summed E-state index contributed by atoms with van der Waals surface area (Å²) in [4.78, 5) is 10.6. The molecule has 2 rings (SSSR count). The van der Waals surface area contributed by atoms with Gasteiger partial charge in [0.2, 0.25) is 0 Å². The van der Waals surface area contributed by atoms with Gasteiger partial charge in [-0.25, -0.2) is 0 Å². The monoisotopic (exact) mass is 260 g/mol. The highest BCUT2D eigenvalue weighted by Gasteiger charge is 2.18. The predicted molar refractivity (Wildman–Crippen MR) is 71.9 cm³/mol. The van der Waals surface area contributed by atoms with Crippen LogP contribution in [0.25, 0.3) is 0 Å². The first-order chi connectivity index (χ1) is 9.20. The van der Waals surface area contributed by atoms with Crippen LogP contribution in [0.15, 0.2) is 18.2 Å². The second-order valence-electron chi connectivity index (χ2n) is 4.64. The van der Waals surface area contributed by atoms with E-state index in [1.54, 1.807) is 12.1 Å². The molecule has 1 heterocycles. The number of nitro benzene ring substituents is 1. The summed E-state index contributed by atoms with van der Waals surface area (Å²) in [6.45, 7) is 1.80. The number of nitrogens with zero attached hydrogens (tertiary/aromatic N) is 2. The Balaban J connectivity index is 2.19. The van der Waals surface area contributed by atoms with Gasteiger partial charge >= 0.3 is 0 Å². The highest BCUT2D eigenvalue weighted by atomic mass is 16.6. The van der Waals surface area contributed by atoms with Crippen molar-refractivity contribution in [1.29, 1.82) is 5.26 Å². The van der Waals surface area contributed by atoms with Crippen molar-refractivity contribution in [1.82, 2.24) is 5.32 Å². The van der Waals surface area contributed by atoms with Crippen LogP contribution >= 0.6 is 0 Å². The van der Waals surface area contributed by atoms with E-state index >= 15 is 0 Å². The molecule has 1 aromatic carbocycles.